The van der Waals surface area contributed by atoms with E-state index >= 15 is 0 Å². The lowest BCUT2D eigenvalue weighted by Gasteiger charge is -2.21. The van der Waals surface area contributed by atoms with Gasteiger partial charge in [0, 0.05) is 11.5 Å². The summed E-state index contributed by atoms with van der Waals surface area (Å²) in [6, 6.07) is 14.4. The molecule has 136 valence electrons. The van der Waals surface area contributed by atoms with E-state index in [1.165, 1.54) is 7.11 Å². The van der Waals surface area contributed by atoms with Gasteiger partial charge in [-0.3, -0.25) is 4.79 Å². The van der Waals surface area contributed by atoms with Gasteiger partial charge in [0.25, 0.3) is 0 Å². The molecule has 0 fully saturated rings. The fourth-order valence-electron chi connectivity index (χ4n) is 2.62. The highest BCUT2D eigenvalue weighted by atomic mass is 35.5. The lowest BCUT2D eigenvalue weighted by atomic mass is 9.87. The van der Waals surface area contributed by atoms with Crippen molar-refractivity contribution in [2.45, 2.75) is 19.8 Å². The fourth-order valence-corrected chi connectivity index (χ4v) is 2.79. The molecule has 0 amide bonds. The quantitative estimate of drug-likeness (QED) is 0.642. The molecule has 0 aromatic heterocycles. The number of rotatable bonds is 7. The number of benzene rings is 2. The van der Waals surface area contributed by atoms with E-state index in [9.17, 15) is 10.1 Å². The summed E-state index contributed by atoms with van der Waals surface area (Å²) < 4.78 is 16.4. The van der Waals surface area contributed by atoms with E-state index < -0.39 is 17.8 Å². The summed E-state index contributed by atoms with van der Waals surface area (Å²) in [5, 5.41) is 9.89. The van der Waals surface area contributed by atoms with Crippen molar-refractivity contribution in [1.29, 1.82) is 5.26 Å². The van der Waals surface area contributed by atoms with Crippen LogP contribution in [0.2, 0.25) is 5.02 Å². The van der Waals surface area contributed by atoms with Gasteiger partial charge in [0.2, 0.25) is 0 Å². The molecule has 0 spiro atoms. The lowest BCUT2D eigenvalue weighted by molar-refractivity contribution is -0.146. The summed E-state index contributed by atoms with van der Waals surface area (Å²) in [4.78, 5) is 12.1. The Morgan fingerprint density at radius 1 is 1.19 bits per heavy atom. The highest BCUT2D eigenvalue weighted by molar-refractivity contribution is 6.32. The molecule has 6 heteroatoms. The van der Waals surface area contributed by atoms with Gasteiger partial charge in [0.05, 0.1) is 24.8 Å². The van der Waals surface area contributed by atoms with Crippen LogP contribution in [0, 0.1) is 17.2 Å². The molecule has 0 aliphatic carbocycles. The number of nitrogens with zero attached hydrogens (tertiary/aromatic N) is 1. The van der Waals surface area contributed by atoms with Gasteiger partial charge < -0.3 is 14.2 Å². The zero-order valence-electron chi connectivity index (χ0n) is 14.9. The minimum atomic E-state index is -0.945. The monoisotopic (exact) mass is 373 g/mol. The summed E-state index contributed by atoms with van der Waals surface area (Å²) >= 11 is 6.15. The molecule has 2 unspecified atom stereocenters. The standard InChI is InChI=1S/C20H20ClNO4/c1-4-25-20(23)15(12-22)13(2)14-8-7-11-18(19(14)24-3)26-17-10-6-5-9-16(17)21/h5-11,13,15H,4H2,1-3H3. The van der Waals surface area contributed by atoms with Gasteiger partial charge in [-0.05, 0) is 25.1 Å². The first-order valence-corrected chi connectivity index (χ1v) is 8.56. The second-order valence-corrected chi connectivity index (χ2v) is 5.97. The fraction of sp³-hybridized carbons (Fsp3) is 0.300. The number of carbonyl (C=O) groups excluding carboxylic acids is 1. The zero-order valence-corrected chi connectivity index (χ0v) is 15.6. The van der Waals surface area contributed by atoms with Crippen molar-refractivity contribution in [2.24, 2.45) is 5.92 Å². The number of nitriles is 1. The van der Waals surface area contributed by atoms with E-state index in [-0.39, 0.29) is 6.61 Å². The molecule has 0 bridgehead atoms. The maximum Gasteiger partial charge on any atom is 0.323 e. The SMILES string of the molecule is CCOC(=O)C(C#N)C(C)c1cccc(Oc2ccccc2Cl)c1OC. The van der Waals surface area contributed by atoms with Crippen LogP contribution in [-0.4, -0.2) is 19.7 Å². The Morgan fingerprint density at radius 3 is 2.50 bits per heavy atom. The first-order chi connectivity index (χ1) is 12.5. The van der Waals surface area contributed by atoms with Crippen molar-refractivity contribution in [3.8, 4) is 23.3 Å². The molecule has 0 saturated heterocycles. The van der Waals surface area contributed by atoms with Crippen LogP contribution >= 0.6 is 11.6 Å². The van der Waals surface area contributed by atoms with Crippen molar-refractivity contribution in [2.75, 3.05) is 13.7 Å². The first-order valence-electron chi connectivity index (χ1n) is 8.19. The van der Waals surface area contributed by atoms with Gasteiger partial charge >= 0.3 is 5.97 Å². The van der Waals surface area contributed by atoms with E-state index in [1.54, 1.807) is 44.2 Å². The third-order valence-corrected chi connectivity index (χ3v) is 4.25. The molecular weight excluding hydrogens is 354 g/mol. The van der Waals surface area contributed by atoms with Crippen molar-refractivity contribution in [3.05, 3.63) is 53.1 Å². The van der Waals surface area contributed by atoms with E-state index in [0.717, 1.165) is 0 Å². The molecule has 0 radical (unpaired) electrons. The summed E-state index contributed by atoms with van der Waals surface area (Å²) in [6.07, 6.45) is 0. The summed E-state index contributed by atoms with van der Waals surface area (Å²) in [6.45, 7) is 3.70. The van der Waals surface area contributed by atoms with E-state index in [1.807, 2.05) is 18.2 Å². The third-order valence-electron chi connectivity index (χ3n) is 3.94. The normalized spacial score (nSPS) is 12.6. The van der Waals surface area contributed by atoms with Gasteiger partial charge in [0.15, 0.2) is 17.4 Å². The van der Waals surface area contributed by atoms with E-state index in [4.69, 9.17) is 25.8 Å². The highest BCUT2D eigenvalue weighted by Crippen LogP contribution is 2.41. The second kappa shape index (κ2) is 9.12. The maximum absolute atomic E-state index is 12.1. The lowest BCUT2D eigenvalue weighted by Crippen LogP contribution is -2.22. The molecular formula is C20H20ClNO4. The predicted molar refractivity (Wildman–Crippen MR) is 98.7 cm³/mol. The number of halogens is 1. The van der Waals surface area contributed by atoms with Gasteiger partial charge in [-0.15, -0.1) is 0 Å². The Bertz CT molecular complexity index is 816. The van der Waals surface area contributed by atoms with Gasteiger partial charge in [-0.1, -0.05) is 42.8 Å². The average molecular weight is 374 g/mol. The molecule has 0 N–H and O–H groups in total. The minimum absolute atomic E-state index is 0.219. The molecule has 2 atom stereocenters. The topological polar surface area (TPSA) is 68.6 Å². The molecule has 2 aromatic carbocycles. The van der Waals surface area contributed by atoms with Crippen LogP contribution in [0.4, 0.5) is 0 Å². The molecule has 0 aliphatic heterocycles. The number of carbonyl (C=O) groups is 1. The molecule has 2 rings (SSSR count). The average Bonchev–Trinajstić information content (AvgIpc) is 2.64. The Kier molecular flexibility index (Phi) is 6.88. The van der Waals surface area contributed by atoms with E-state index in [0.29, 0.717) is 27.8 Å². The summed E-state index contributed by atoms with van der Waals surface area (Å²) in [7, 11) is 1.51. The van der Waals surface area contributed by atoms with Gasteiger partial charge in [0.1, 0.15) is 5.75 Å². The van der Waals surface area contributed by atoms with Crippen LogP contribution in [0.15, 0.2) is 42.5 Å². The Hall–Kier alpha value is -2.71. The van der Waals surface area contributed by atoms with Crippen molar-refractivity contribution in [1.82, 2.24) is 0 Å². The molecule has 2 aromatic rings. The van der Waals surface area contributed by atoms with Crippen LogP contribution in [0.5, 0.6) is 17.2 Å². The molecule has 0 saturated carbocycles. The molecule has 0 aliphatic rings. The van der Waals surface area contributed by atoms with Crippen LogP contribution in [0.3, 0.4) is 0 Å². The molecule has 0 heterocycles. The van der Waals surface area contributed by atoms with Crippen molar-refractivity contribution in [3.63, 3.8) is 0 Å². The number of hydrogen-bond acceptors (Lipinski definition) is 5. The number of para-hydroxylation sites is 2. The number of methoxy groups -OCH3 is 1. The second-order valence-electron chi connectivity index (χ2n) is 5.56. The largest absolute Gasteiger partial charge is 0.493 e. The summed E-state index contributed by atoms with van der Waals surface area (Å²) in [5.41, 5.74) is 0.677. The molecule has 5 nitrogen and oxygen atoms in total. The van der Waals surface area contributed by atoms with Crippen molar-refractivity contribution >= 4 is 17.6 Å². The number of ether oxygens (including phenoxy) is 3. The van der Waals surface area contributed by atoms with Crippen LogP contribution in [-0.2, 0) is 9.53 Å². The van der Waals surface area contributed by atoms with Crippen LogP contribution < -0.4 is 9.47 Å². The number of esters is 1. The van der Waals surface area contributed by atoms with Gasteiger partial charge in [-0.2, -0.15) is 5.26 Å². The first kappa shape index (κ1) is 19.6. The highest BCUT2D eigenvalue weighted by Gasteiger charge is 2.30. The van der Waals surface area contributed by atoms with Gasteiger partial charge in [-0.25, -0.2) is 0 Å². The maximum atomic E-state index is 12.1. The zero-order chi connectivity index (χ0) is 19.1. The van der Waals surface area contributed by atoms with E-state index in [2.05, 4.69) is 0 Å². The number of hydrogen-bond donors (Lipinski definition) is 0. The predicted octanol–water partition coefficient (Wildman–Crippen LogP) is 4.95. The van der Waals surface area contributed by atoms with Crippen LogP contribution in [0.25, 0.3) is 0 Å². The third kappa shape index (κ3) is 4.27. The minimum Gasteiger partial charge on any atom is -0.493 e. The summed E-state index contributed by atoms with van der Waals surface area (Å²) in [5.74, 6) is -0.556. The van der Waals surface area contributed by atoms with Crippen LogP contribution in [0.1, 0.15) is 25.3 Å². The smallest absolute Gasteiger partial charge is 0.323 e. The van der Waals surface area contributed by atoms with Crippen molar-refractivity contribution < 1.29 is 19.0 Å². The Labute approximate surface area is 158 Å². The molecule has 26 heavy (non-hydrogen) atoms. The Morgan fingerprint density at radius 2 is 1.88 bits per heavy atom. The Balaban J connectivity index is 2.40.